The summed E-state index contributed by atoms with van der Waals surface area (Å²) in [6.07, 6.45) is 2.60. The molecule has 0 saturated carbocycles. The maximum atomic E-state index is 13.7. The highest BCUT2D eigenvalue weighted by Gasteiger charge is 2.26. The number of piperidine rings is 1. The molecule has 1 N–H and O–H groups in total. The van der Waals surface area contributed by atoms with E-state index < -0.39 is 0 Å². The fourth-order valence-corrected chi connectivity index (χ4v) is 3.10. The fourth-order valence-electron chi connectivity index (χ4n) is 3.10. The smallest absolute Gasteiger partial charge is 0.225 e. The zero-order valence-corrected chi connectivity index (χ0v) is 14.9. The monoisotopic (exact) mass is 342 g/mol. The average Bonchev–Trinajstić information content (AvgIpc) is 2.55. The highest BCUT2D eigenvalue weighted by molar-refractivity contribution is 5.85. The van der Waals surface area contributed by atoms with Crippen molar-refractivity contribution < 1.29 is 9.18 Å². The molecular weight excluding hydrogens is 315 g/mol. The molecule has 0 aliphatic carbocycles. The van der Waals surface area contributed by atoms with Crippen molar-refractivity contribution in [3.8, 4) is 0 Å². The molecule has 0 aromatic heterocycles. The Morgan fingerprint density at radius 1 is 1.35 bits per heavy atom. The van der Waals surface area contributed by atoms with E-state index in [2.05, 4.69) is 12.2 Å². The van der Waals surface area contributed by atoms with Gasteiger partial charge in [0.2, 0.25) is 5.91 Å². The Kier molecular flexibility index (Phi) is 8.56. The van der Waals surface area contributed by atoms with Crippen LogP contribution in [0.1, 0.15) is 32.3 Å². The number of nitrogens with one attached hydrogen (secondary N) is 1. The minimum atomic E-state index is -0.216. The summed E-state index contributed by atoms with van der Waals surface area (Å²) in [6, 6.07) is 6.72. The van der Waals surface area contributed by atoms with Crippen LogP contribution < -0.4 is 5.32 Å². The van der Waals surface area contributed by atoms with Crippen molar-refractivity contribution in [2.24, 2.45) is 11.8 Å². The normalized spacial score (nSPS) is 16.7. The molecule has 5 heteroatoms. The van der Waals surface area contributed by atoms with Gasteiger partial charge in [-0.05, 0) is 49.9 Å². The molecule has 0 bridgehead atoms. The zero-order chi connectivity index (χ0) is 15.9. The number of nitrogens with zero attached hydrogens (tertiary/aromatic N) is 1. The van der Waals surface area contributed by atoms with Gasteiger partial charge in [0.25, 0.3) is 0 Å². The van der Waals surface area contributed by atoms with E-state index in [-0.39, 0.29) is 30.0 Å². The second kappa shape index (κ2) is 9.89. The van der Waals surface area contributed by atoms with Gasteiger partial charge in [-0.15, -0.1) is 12.4 Å². The van der Waals surface area contributed by atoms with Crippen molar-refractivity contribution in [2.75, 3.05) is 26.2 Å². The van der Waals surface area contributed by atoms with Crippen LogP contribution in [0.15, 0.2) is 24.3 Å². The Hall–Kier alpha value is -1.13. The van der Waals surface area contributed by atoms with Gasteiger partial charge in [-0.3, -0.25) is 4.79 Å². The summed E-state index contributed by atoms with van der Waals surface area (Å²) in [5.74, 6) is 0.449. The molecule has 130 valence electrons. The summed E-state index contributed by atoms with van der Waals surface area (Å²) in [5, 5.41) is 3.38. The summed E-state index contributed by atoms with van der Waals surface area (Å²) in [5.41, 5.74) is 0.630. The van der Waals surface area contributed by atoms with Crippen molar-refractivity contribution in [3.63, 3.8) is 0 Å². The Bertz CT molecular complexity index is 490. The molecule has 1 aliphatic heterocycles. The lowest BCUT2D eigenvalue weighted by Gasteiger charge is -2.33. The highest BCUT2D eigenvalue weighted by atomic mass is 35.5. The van der Waals surface area contributed by atoms with Crippen molar-refractivity contribution in [1.29, 1.82) is 0 Å². The molecule has 0 radical (unpaired) electrons. The Morgan fingerprint density at radius 2 is 2.00 bits per heavy atom. The molecule has 2 rings (SSSR count). The molecule has 0 spiro atoms. The van der Waals surface area contributed by atoms with Crippen LogP contribution >= 0.6 is 12.4 Å². The van der Waals surface area contributed by atoms with Crippen molar-refractivity contribution >= 4 is 18.3 Å². The lowest BCUT2D eigenvalue weighted by Crippen LogP contribution is -2.43. The zero-order valence-electron chi connectivity index (χ0n) is 14.1. The molecule has 23 heavy (non-hydrogen) atoms. The molecule has 3 nitrogen and oxygen atoms in total. The van der Waals surface area contributed by atoms with Gasteiger partial charge < -0.3 is 10.2 Å². The predicted octanol–water partition coefficient (Wildman–Crippen LogP) is 3.27. The Morgan fingerprint density at radius 3 is 2.61 bits per heavy atom. The topological polar surface area (TPSA) is 32.3 Å². The third kappa shape index (κ3) is 5.78. The van der Waals surface area contributed by atoms with Crippen LogP contribution in [0, 0.1) is 17.7 Å². The summed E-state index contributed by atoms with van der Waals surface area (Å²) in [7, 11) is 0. The largest absolute Gasteiger partial charge is 0.342 e. The van der Waals surface area contributed by atoms with Crippen LogP contribution in [0.5, 0.6) is 0 Å². The number of hydrogen-bond donors (Lipinski definition) is 1. The summed E-state index contributed by atoms with van der Waals surface area (Å²) in [4.78, 5) is 14.5. The second-order valence-electron chi connectivity index (χ2n) is 6.27. The number of amides is 1. The minimum absolute atomic E-state index is 0. The number of carbonyl (C=O) groups excluding carboxylic acids is 1. The van der Waals surface area contributed by atoms with Crippen LogP contribution in [0.25, 0.3) is 0 Å². The van der Waals surface area contributed by atoms with E-state index in [0.29, 0.717) is 17.9 Å². The average molecular weight is 343 g/mol. The maximum absolute atomic E-state index is 13.7. The van der Waals surface area contributed by atoms with Crippen LogP contribution in [0.4, 0.5) is 4.39 Å². The van der Waals surface area contributed by atoms with E-state index in [9.17, 15) is 9.18 Å². The standard InChI is InChI=1S/C18H27FN2O.ClH/c1-3-20-13-15-8-10-21(11-9-15)18(22)14(2)12-16-6-4-5-7-17(16)19;/h4-7,14-15,20H,3,8-13H2,1-2H3;1H. The minimum Gasteiger partial charge on any atom is -0.342 e. The molecule has 1 aromatic carbocycles. The van der Waals surface area contributed by atoms with E-state index in [1.165, 1.54) is 6.07 Å². The number of halogens is 2. The Labute approximate surface area is 145 Å². The third-order valence-electron chi connectivity index (χ3n) is 4.51. The number of benzene rings is 1. The molecule has 1 unspecified atom stereocenters. The van der Waals surface area contributed by atoms with Gasteiger partial charge in [-0.1, -0.05) is 32.0 Å². The third-order valence-corrected chi connectivity index (χ3v) is 4.51. The van der Waals surface area contributed by atoms with Crippen LogP contribution in [0.3, 0.4) is 0 Å². The first-order valence-electron chi connectivity index (χ1n) is 8.34. The lowest BCUT2D eigenvalue weighted by molar-refractivity contribution is -0.136. The van der Waals surface area contributed by atoms with E-state index in [4.69, 9.17) is 0 Å². The molecule has 1 amide bonds. The molecule has 1 atom stereocenters. The van der Waals surface area contributed by atoms with Gasteiger partial charge in [-0.2, -0.15) is 0 Å². The molecule has 1 aliphatic rings. The van der Waals surface area contributed by atoms with Gasteiger partial charge in [0.05, 0.1) is 0 Å². The predicted molar refractivity (Wildman–Crippen MR) is 94.4 cm³/mol. The van der Waals surface area contributed by atoms with Crippen LogP contribution in [-0.2, 0) is 11.2 Å². The lowest BCUT2D eigenvalue weighted by atomic mass is 9.94. The van der Waals surface area contributed by atoms with E-state index in [1.807, 2.05) is 17.9 Å². The first-order valence-corrected chi connectivity index (χ1v) is 8.34. The molecule has 1 saturated heterocycles. The van der Waals surface area contributed by atoms with Gasteiger partial charge >= 0.3 is 0 Å². The fraction of sp³-hybridized carbons (Fsp3) is 0.611. The second-order valence-corrected chi connectivity index (χ2v) is 6.27. The quantitative estimate of drug-likeness (QED) is 0.860. The van der Waals surface area contributed by atoms with E-state index in [1.54, 1.807) is 12.1 Å². The van der Waals surface area contributed by atoms with Crippen LogP contribution in [0.2, 0.25) is 0 Å². The number of likely N-dealkylation sites (tertiary alicyclic amines) is 1. The van der Waals surface area contributed by atoms with Gasteiger partial charge in [0, 0.05) is 19.0 Å². The Balaban J connectivity index is 0.00000264. The van der Waals surface area contributed by atoms with E-state index in [0.717, 1.165) is 39.0 Å². The first kappa shape index (κ1) is 19.9. The van der Waals surface area contributed by atoms with E-state index >= 15 is 0 Å². The van der Waals surface area contributed by atoms with Crippen molar-refractivity contribution in [3.05, 3.63) is 35.6 Å². The molecular formula is C18H28ClFN2O. The number of carbonyl (C=O) groups is 1. The van der Waals surface area contributed by atoms with Gasteiger partial charge in [0.15, 0.2) is 0 Å². The summed E-state index contributed by atoms with van der Waals surface area (Å²) < 4.78 is 13.7. The molecule has 1 fully saturated rings. The SMILES string of the molecule is CCNCC1CCN(C(=O)C(C)Cc2ccccc2F)CC1.Cl. The van der Waals surface area contributed by atoms with Gasteiger partial charge in [0.1, 0.15) is 5.82 Å². The van der Waals surface area contributed by atoms with Gasteiger partial charge in [-0.25, -0.2) is 4.39 Å². The number of hydrogen-bond acceptors (Lipinski definition) is 2. The maximum Gasteiger partial charge on any atom is 0.225 e. The van der Waals surface area contributed by atoms with Crippen LogP contribution in [-0.4, -0.2) is 37.0 Å². The van der Waals surface area contributed by atoms with Crippen molar-refractivity contribution in [2.45, 2.75) is 33.1 Å². The highest BCUT2D eigenvalue weighted by Crippen LogP contribution is 2.20. The first-order chi connectivity index (χ1) is 10.6. The molecule has 1 heterocycles. The number of rotatable bonds is 6. The summed E-state index contributed by atoms with van der Waals surface area (Å²) in [6.45, 7) is 7.72. The molecule has 1 aromatic rings. The van der Waals surface area contributed by atoms with Crippen molar-refractivity contribution in [1.82, 2.24) is 10.2 Å². The summed E-state index contributed by atoms with van der Waals surface area (Å²) >= 11 is 0.